The summed E-state index contributed by atoms with van der Waals surface area (Å²) in [6.07, 6.45) is -0.569. The van der Waals surface area contributed by atoms with E-state index in [2.05, 4.69) is 5.10 Å². The van der Waals surface area contributed by atoms with Gasteiger partial charge in [-0.15, -0.1) is 0 Å². The van der Waals surface area contributed by atoms with Crippen molar-refractivity contribution in [1.29, 1.82) is 0 Å². The maximum absolute atomic E-state index is 12.2. The fraction of sp³-hybridized carbons (Fsp3) is 0.333. The Balaban J connectivity index is 2.11. The molecule has 0 bridgehead atoms. The van der Waals surface area contributed by atoms with E-state index in [-0.39, 0.29) is 5.91 Å². The van der Waals surface area contributed by atoms with E-state index in [1.807, 2.05) is 51.1 Å². The van der Waals surface area contributed by atoms with Crippen molar-refractivity contribution in [2.45, 2.75) is 33.8 Å². The van der Waals surface area contributed by atoms with Crippen molar-refractivity contribution in [2.75, 3.05) is 0 Å². The number of ether oxygens (including phenoxy) is 1. The van der Waals surface area contributed by atoms with Crippen molar-refractivity contribution in [2.24, 2.45) is 0 Å². The Kier molecular flexibility index (Phi) is 3.69. The average molecular weight is 258 g/mol. The van der Waals surface area contributed by atoms with Crippen molar-refractivity contribution >= 4 is 5.91 Å². The molecule has 0 radical (unpaired) electrons. The lowest BCUT2D eigenvalue weighted by Gasteiger charge is -2.14. The van der Waals surface area contributed by atoms with Gasteiger partial charge in [-0.2, -0.15) is 5.10 Å². The first-order chi connectivity index (χ1) is 8.97. The summed E-state index contributed by atoms with van der Waals surface area (Å²) in [5.74, 6) is 0.527. The Morgan fingerprint density at radius 1 is 1.21 bits per heavy atom. The molecule has 1 aromatic heterocycles. The first-order valence-corrected chi connectivity index (χ1v) is 6.28. The third-order valence-electron chi connectivity index (χ3n) is 2.90. The van der Waals surface area contributed by atoms with Gasteiger partial charge in [-0.3, -0.25) is 4.79 Å². The molecule has 1 aromatic carbocycles. The largest absolute Gasteiger partial charge is 0.481 e. The summed E-state index contributed by atoms with van der Waals surface area (Å²) in [4.78, 5) is 12.2. The zero-order valence-electron chi connectivity index (χ0n) is 11.7. The molecule has 0 aliphatic heterocycles. The molecule has 1 atom stereocenters. The molecule has 2 aromatic rings. The number of hydrogen-bond acceptors (Lipinski definition) is 3. The molecule has 4 nitrogen and oxygen atoms in total. The number of aromatic nitrogens is 2. The van der Waals surface area contributed by atoms with Gasteiger partial charge in [0.2, 0.25) is 0 Å². The van der Waals surface area contributed by atoms with E-state index in [9.17, 15) is 4.79 Å². The topological polar surface area (TPSA) is 44.1 Å². The molecule has 1 unspecified atom stereocenters. The molecule has 0 fully saturated rings. The van der Waals surface area contributed by atoms with E-state index < -0.39 is 6.10 Å². The second-order valence-corrected chi connectivity index (χ2v) is 4.75. The van der Waals surface area contributed by atoms with Crippen LogP contribution >= 0.6 is 0 Å². The van der Waals surface area contributed by atoms with E-state index in [1.54, 1.807) is 6.92 Å². The van der Waals surface area contributed by atoms with E-state index >= 15 is 0 Å². The third kappa shape index (κ3) is 3.02. The molecule has 0 amide bonds. The minimum absolute atomic E-state index is 0.161. The SMILES string of the molecule is Cc1ccc(OC(C)C(=O)n2nc(C)cc2C)cc1. The monoisotopic (exact) mass is 258 g/mol. The highest BCUT2D eigenvalue weighted by molar-refractivity contribution is 5.83. The summed E-state index contributed by atoms with van der Waals surface area (Å²) >= 11 is 0. The van der Waals surface area contributed by atoms with Crippen LogP contribution in [0.5, 0.6) is 5.75 Å². The number of aryl methyl sites for hydroxylation is 3. The van der Waals surface area contributed by atoms with Crippen LogP contribution < -0.4 is 4.74 Å². The number of hydrogen-bond donors (Lipinski definition) is 0. The normalized spacial score (nSPS) is 12.2. The van der Waals surface area contributed by atoms with Gasteiger partial charge in [0.05, 0.1) is 5.69 Å². The summed E-state index contributed by atoms with van der Waals surface area (Å²) in [7, 11) is 0. The molecule has 0 aliphatic rings. The lowest BCUT2D eigenvalue weighted by Crippen LogP contribution is -2.30. The van der Waals surface area contributed by atoms with Crippen LogP contribution in [0.3, 0.4) is 0 Å². The molecule has 0 saturated heterocycles. The quantitative estimate of drug-likeness (QED) is 0.850. The van der Waals surface area contributed by atoms with Gasteiger partial charge in [-0.1, -0.05) is 17.7 Å². The maximum atomic E-state index is 12.2. The number of carbonyl (C=O) groups is 1. The molecule has 0 aliphatic carbocycles. The van der Waals surface area contributed by atoms with Crippen molar-refractivity contribution < 1.29 is 9.53 Å². The van der Waals surface area contributed by atoms with Gasteiger partial charge in [0.25, 0.3) is 5.91 Å². The number of benzene rings is 1. The van der Waals surface area contributed by atoms with Crippen LogP contribution in [0.1, 0.15) is 28.7 Å². The van der Waals surface area contributed by atoms with Crippen LogP contribution in [-0.2, 0) is 0 Å². The van der Waals surface area contributed by atoms with Gasteiger partial charge in [0.15, 0.2) is 6.10 Å². The van der Waals surface area contributed by atoms with Gasteiger partial charge >= 0.3 is 0 Å². The molecular formula is C15H18N2O2. The Morgan fingerprint density at radius 3 is 2.37 bits per heavy atom. The van der Waals surface area contributed by atoms with Gasteiger partial charge < -0.3 is 4.74 Å². The Bertz CT molecular complexity index is 585. The van der Waals surface area contributed by atoms with Crippen LogP contribution in [0, 0.1) is 20.8 Å². The highest BCUT2D eigenvalue weighted by atomic mass is 16.5. The van der Waals surface area contributed by atoms with Crippen molar-refractivity contribution in [3.05, 3.63) is 47.3 Å². The van der Waals surface area contributed by atoms with E-state index in [0.29, 0.717) is 5.75 Å². The first kappa shape index (κ1) is 13.3. The molecule has 0 saturated carbocycles. The minimum atomic E-state index is -0.569. The van der Waals surface area contributed by atoms with Crippen molar-refractivity contribution in [1.82, 2.24) is 9.78 Å². The Morgan fingerprint density at radius 2 is 1.84 bits per heavy atom. The minimum Gasteiger partial charge on any atom is -0.481 e. The summed E-state index contributed by atoms with van der Waals surface area (Å²) in [6, 6.07) is 9.50. The zero-order valence-corrected chi connectivity index (χ0v) is 11.7. The van der Waals surface area contributed by atoms with E-state index in [1.165, 1.54) is 4.68 Å². The lowest BCUT2D eigenvalue weighted by molar-refractivity contribution is 0.0707. The highest BCUT2D eigenvalue weighted by Crippen LogP contribution is 2.14. The van der Waals surface area contributed by atoms with E-state index in [0.717, 1.165) is 17.0 Å². The first-order valence-electron chi connectivity index (χ1n) is 6.28. The second-order valence-electron chi connectivity index (χ2n) is 4.75. The molecule has 0 N–H and O–H groups in total. The maximum Gasteiger partial charge on any atom is 0.287 e. The van der Waals surface area contributed by atoms with Crippen LogP contribution in [0.2, 0.25) is 0 Å². The molecule has 0 spiro atoms. The average Bonchev–Trinajstić information content (AvgIpc) is 2.70. The molecule has 1 heterocycles. The molecule has 4 heteroatoms. The number of carbonyl (C=O) groups excluding carboxylic acids is 1. The third-order valence-corrected chi connectivity index (χ3v) is 2.90. The lowest BCUT2D eigenvalue weighted by atomic mass is 10.2. The van der Waals surface area contributed by atoms with Crippen LogP contribution in [0.15, 0.2) is 30.3 Å². The fourth-order valence-corrected chi connectivity index (χ4v) is 1.90. The predicted octanol–water partition coefficient (Wildman–Crippen LogP) is 2.92. The van der Waals surface area contributed by atoms with Gasteiger partial charge in [0, 0.05) is 5.69 Å². The smallest absolute Gasteiger partial charge is 0.287 e. The van der Waals surface area contributed by atoms with Crippen LogP contribution in [0.25, 0.3) is 0 Å². The summed E-state index contributed by atoms with van der Waals surface area (Å²) in [5, 5.41) is 4.17. The van der Waals surface area contributed by atoms with Crippen LogP contribution in [-0.4, -0.2) is 21.8 Å². The molecule has 100 valence electrons. The number of nitrogens with zero attached hydrogens (tertiary/aromatic N) is 2. The second kappa shape index (κ2) is 5.26. The highest BCUT2D eigenvalue weighted by Gasteiger charge is 2.19. The standard InChI is InChI=1S/C15H18N2O2/c1-10-5-7-14(8-6-10)19-13(4)15(18)17-12(3)9-11(2)16-17/h5-9,13H,1-4H3. The molecule has 19 heavy (non-hydrogen) atoms. The van der Waals surface area contributed by atoms with Gasteiger partial charge in [0.1, 0.15) is 5.75 Å². The van der Waals surface area contributed by atoms with Gasteiger partial charge in [-0.05, 0) is 45.9 Å². The Labute approximate surface area is 113 Å². The predicted molar refractivity (Wildman–Crippen MR) is 73.6 cm³/mol. The molecular weight excluding hydrogens is 240 g/mol. The van der Waals surface area contributed by atoms with Crippen molar-refractivity contribution in [3.63, 3.8) is 0 Å². The van der Waals surface area contributed by atoms with Crippen molar-refractivity contribution in [3.8, 4) is 5.75 Å². The Hall–Kier alpha value is -2.10. The fourth-order valence-electron chi connectivity index (χ4n) is 1.90. The summed E-state index contributed by atoms with van der Waals surface area (Å²) in [6.45, 7) is 7.46. The van der Waals surface area contributed by atoms with E-state index in [4.69, 9.17) is 4.74 Å². The summed E-state index contributed by atoms with van der Waals surface area (Å²) in [5.41, 5.74) is 2.81. The van der Waals surface area contributed by atoms with Gasteiger partial charge in [-0.25, -0.2) is 4.68 Å². The summed E-state index contributed by atoms with van der Waals surface area (Å²) < 4.78 is 7.04. The zero-order chi connectivity index (χ0) is 14.0. The molecule has 2 rings (SSSR count). The number of rotatable bonds is 3. The van der Waals surface area contributed by atoms with Crippen LogP contribution in [0.4, 0.5) is 0 Å².